The highest BCUT2D eigenvalue weighted by Gasteiger charge is 2.32. The highest BCUT2D eigenvalue weighted by Crippen LogP contribution is 2.45. The number of hydrogen-bond acceptors (Lipinski definition) is 11. The number of nitriles is 3. The van der Waals surface area contributed by atoms with Gasteiger partial charge in [-0.2, -0.15) is 15.8 Å². The van der Waals surface area contributed by atoms with E-state index in [2.05, 4.69) is 20.6 Å². The normalized spacial score (nSPS) is 14.1. The number of nitrogens with two attached hydrogens (primary N) is 2. The Kier molecular flexibility index (Phi) is 5.20. The highest BCUT2D eigenvalue weighted by atomic mass is 16.5. The average Bonchev–Trinajstić information content (AvgIpc) is 2.71. The van der Waals surface area contributed by atoms with Gasteiger partial charge in [-0.05, 0) is 6.07 Å². The zero-order valence-electron chi connectivity index (χ0n) is 15.2. The number of ether oxygens (including phenoxy) is 2. The Hall–Kier alpha value is -4.69. The highest BCUT2D eigenvalue weighted by molar-refractivity contribution is 5.98. The van der Waals surface area contributed by atoms with Crippen LogP contribution in [0.5, 0.6) is 11.5 Å². The fraction of sp³-hybridized carbons (Fsp3) is 0.167. The molecule has 0 saturated heterocycles. The fourth-order valence-corrected chi connectivity index (χ4v) is 2.97. The lowest BCUT2D eigenvalue weighted by Crippen LogP contribution is -2.33. The minimum Gasteiger partial charge on any atom is -0.493 e. The topological polar surface area (TPSA) is 191 Å². The number of aliphatic imine (C=N–C) groups is 1. The van der Waals surface area contributed by atoms with Crippen molar-refractivity contribution in [1.82, 2.24) is 10.3 Å². The Balaban J connectivity index is 2.29. The Labute approximate surface area is 165 Å². The molecule has 1 unspecified atom stereocenters. The third-order valence-electron chi connectivity index (χ3n) is 4.16. The molecule has 11 heteroatoms. The molecule has 1 atom stereocenters. The molecule has 0 bridgehead atoms. The SMILES string of the molecule is COc1cccc(C2N=C(NC#N)Nc3nc(N)c(C#N)c(N)c32)c1OCC#N. The molecule has 1 aromatic heterocycles. The van der Waals surface area contributed by atoms with Crippen molar-refractivity contribution in [3.05, 3.63) is 34.9 Å². The average molecular weight is 389 g/mol. The van der Waals surface area contributed by atoms with Crippen LogP contribution in [-0.4, -0.2) is 24.7 Å². The van der Waals surface area contributed by atoms with E-state index < -0.39 is 6.04 Å². The van der Waals surface area contributed by atoms with Crippen molar-refractivity contribution in [1.29, 1.82) is 15.8 Å². The predicted molar refractivity (Wildman–Crippen MR) is 104 cm³/mol. The summed E-state index contributed by atoms with van der Waals surface area (Å²) >= 11 is 0. The van der Waals surface area contributed by atoms with Crippen LogP contribution in [0.4, 0.5) is 17.3 Å². The van der Waals surface area contributed by atoms with Crippen molar-refractivity contribution in [3.63, 3.8) is 0 Å². The maximum Gasteiger partial charge on any atom is 0.211 e. The molecule has 2 heterocycles. The van der Waals surface area contributed by atoms with Crippen LogP contribution < -0.4 is 31.6 Å². The van der Waals surface area contributed by atoms with E-state index in [9.17, 15) is 5.26 Å². The van der Waals surface area contributed by atoms with Gasteiger partial charge in [-0.25, -0.2) is 9.98 Å². The summed E-state index contributed by atoms with van der Waals surface area (Å²) < 4.78 is 10.9. The van der Waals surface area contributed by atoms with Gasteiger partial charge in [0.05, 0.1) is 12.8 Å². The summed E-state index contributed by atoms with van der Waals surface area (Å²) in [4.78, 5) is 8.67. The molecule has 11 nitrogen and oxygen atoms in total. The van der Waals surface area contributed by atoms with E-state index in [-0.39, 0.29) is 41.2 Å². The second kappa shape index (κ2) is 7.91. The summed E-state index contributed by atoms with van der Waals surface area (Å²) in [7, 11) is 1.46. The van der Waals surface area contributed by atoms with E-state index in [1.807, 2.05) is 12.1 Å². The van der Waals surface area contributed by atoms with Crippen molar-refractivity contribution < 1.29 is 9.47 Å². The zero-order chi connectivity index (χ0) is 21.0. The molecule has 29 heavy (non-hydrogen) atoms. The number of rotatable bonds is 4. The Morgan fingerprint density at radius 2 is 2.07 bits per heavy atom. The van der Waals surface area contributed by atoms with E-state index >= 15 is 0 Å². The molecule has 0 spiro atoms. The number of methoxy groups -OCH3 is 1. The lowest BCUT2D eigenvalue weighted by molar-refractivity contribution is 0.325. The molecule has 2 aromatic rings. The van der Waals surface area contributed by atoms with Crippen LogP contribution in [0.2, 0.25) is 0 Å². The molecule has 0 fully saturated rings. The summed E-state index contributed by atoms with van der Waals surface area (Å²) in [5.74, 6) is 0.954. The summed E-state index contributed by atoms with van der Waals surface area (Å²) in [5, 5.41) is 32.6. The summed E-state index contributed by atoms with van der Waals surface area (Å²) in [6.45, 7) is -0.225. The molecule has 1 aliphatic rings. The zero-order valence-corrected chi connectivity index (χ0v) is 15.2. The first-order valence-electron chi connectivity index (χ1n) is 8.21. The fourth-order valence-electron chi connectivity index (χ4n) is 2.97. The van der Waals surface area contributed by atoms with Gasteiger partial charge in [0.1, 0.15) is 35.4 Å². The van der Waals surface area contributed by atoms with Crippen molar-refractivity contribution in [2.24, 2.45) is 4.99 Å². The quantitative estimate of drug-likeness (QED) is 0.432. The molecule has 0 radical (unpaired) electrons. The van der Waals surface area contributed by atoms with Gasteiger partial charge in [0.2, 0.25) is 5.96 Å². The predicted octanol–water partition coefficient (Wildman–Crippen LogP) is 0.970. The van der Waals surface area contributed by atoms with Crippen LogP contribution in [0.3, 0.4) is 0 Å². The van der Waals surface area contributed by atoms with Crippen molar-refractivity contribution in [3.8, 4) is 29.8 Å². The van der Waals surface area contributed by atoms with E-state index in [4.69, 9.17) is 31.5 Å². The van der Waals surface area contributed by atoms with Crippen LogP contribution in [0, 0.1) is 34.1 Å². The standard InChI is InChI=1S/C18H15N9O2/c1-28-11-4-2-3-9(15(11)29-6-5-19)14-12-13(22)10(7-20)16(23)26-17(12)27-18(25-14)24-8-21/h2-4,14H,6H2,1H3,(H6,22,23,24,25,26,27). The maximum atomic E-state index is 9.40. The summed E-state index contributed by atoms with van der Waals surface area (Å²) in [5.41, 5.74) is 13.1. The first-order chi connectivity index (χ1) is 14.0. The third-order valence-corrected chi connectivity index (χ3v) is 4.16. The van der Waals surface area contributed by atoms with E-state index in [0.717, 1.165) is 0 Å². The van der Waals surface area contributed by atoms with Gasteiger partial charge in [-0.15, -0.1) is 0 Å². The smallest absolute Gasteiger partial charge is 0.211 e. The number of fused-ring (bicyclic) bond motifs is 1. The molecule has 1 aromatic carbocycles. The molecule has 1 aliphatic heterocycles. The number of nitrogens with zero attached hydrogens (tertiary/aromatic N) is 5. The molecule has 144 valence electrons. The first kappa shape index (κ1) is 19.1. The number of aromatic nitrogens is 1. The van der Waals surface area contributed by atoms with Gasteiger partial charge in [-0.1, -0.05) is 12.1 Å². The Morgan fingerprint density at radius 1 is 1.28 bits per heavy atom. The molecule has 3 rings (SSSR count). The van der Waals surface area contributed by atoms with Crippen LogP contribution in [0.1, 0.15) is 22.7 Å². The first-order valence-corrected chi connectivity index (χ1v) is 8.21. The van der Waals surface area contributed by atoms with Gasteiger partial charge >= 0.3 is 0 Å². The summed E-state index contributed by atoms with van der Waals surface area (Å²) in [6.07, 6.45) is 1.78. The second-order valence-electron chi connectivity index (χ2n) is 5.73. The van der Waals surface area contributed by atoms with Crippen molar-refractivity contribution >= 4 is 23.3 Å². The number of nitrogen functional groups attached to an aromatic ring is 2. The minimum atomic E-state index is -0.814. The van der Waals surface area contributed by atoms with Crippen LogP contribution in [0.25, 0.3) is 0 Å². The van der Waals surface area contributed by atoms with Crippen molar-refractivity contribution in [2.75, 3.05) is 30.5 Å². The van der Waals surface area contributed by atoms with Gasteiger partial charge in [0.15, 0.2) is 24.3 Å². The largest absolute Gasteiger partial charge is 0.493 e. The monoisotopic (exact) mass is 389 g/mol. The molecule has 0 saturated carbocycles. The van der Waals surface area contributed by atoms with E-state index in [0.29, 0.717) is 16.9 Å². The van der Waals surface area contributed by atoms with E-state index in [1.165, 1.54) is 7.11 Å². The number of nitrogens with one attached hydrogen (secondary N) is 2. The lowest BCUT2D eigenvalue weighted by Gasteiger charge is -2.27. The number of benzene rings is 1. The lowest BCUT2D eigenvalue weighted by atomic mass is 9.94. The van der Waals surface area contributed by atoms with Crippen LogP contribution in [0.15, 0.2) is 23.2 Å². The van der Waals surface area contributed by atoms with Crippen LogP contribution in [-0.2, 0) is 0 Å². The summed E-state index contributed by atoms with van der Waals surface area (Å²) in [6, 6.07) is 8.13. The third kappa shape index (κ3) is 3.34. The molecule has 0 amide bonds. The van der Waals surface area contributed by atoms with Gasteiger partial charge in [-0.3, -0.25) is 5.32 Å². The van der Waals surface area contributed by atoms with Gasteiger partial charge in [0.25, 0.3) is 0 Å². The number of pyridine rings is 1. The van der Waals surface area contributed by atoms with Gasteiger partial charge in [0, 0.05) is 11.1 Å². The molecular formula is C18H15N9O2. The maximum absolute atomic E-state index is 9.40. The molecular weight excluding hydrogens is 374 g/mol. The Morgan fingerprint density at radius 3 is 2.72 bits per heavy atom. The molecule has 0 aliphatic carbocycles. The number of guanidine groups is 1. The number of anilines is 3. The number of para-hydroxylation sites is 1. The second-order valence-corrected chi connectivity index (χ2v) is 5.73. The van der Waals surface area contributed by atoms with Gasteiger partial charge < -0.3 is 26.3 Å². The van der Waals surface area contributed by atoms with Crippen LogP contribution >= 0.6 is 0 Å². The Bertz CT molecular complexity index is 1120. The molecule has 6 N–H and O–H groups in total. The van der Waals surface area contributed by atoms with Crippen molar-refractivity contribution in [2.45, 2.75) is 6.04 Å². The minimum absolute atomic E-state index is 0.0184. The van der Waals surface area contributed by atoms with E-state index in [1.54, 1.807) is 24.4 Å². The number of hydrogen-bond donors (Lipinski definition) is 4.